The second-order valence-electron chi connectivity index (χ2n) is 4.07. The van der Waals surface area contributed by atoms with Crippen molar-refractivity contribution in [3.05, 3.63) is 59.1 Å². The molecule has 2 rings (SSSR count). The number of rotatable bonds is 4. The molecule has 0 aliphatic heterocycles. The average molecular weight is 357 g/mol. The van der Waals surface area contributed by atoms with Crippen LogP contribution in [0.5, 0.6) is 0 Å². The Morgan fingerprint density at radius 3 is 2.75 bits per heavy atom. The molecule has 0 aliphatic rings. The number of aryl methyl sites for hydroxylation is 1. The van der Waals surface area contributed by atoms with Crippen LogP contribution in [0.4, 0.5) is 5.69 Å². The van der Waals surface area contributed by atoms with E-state index in [4.69, 9.17) is 0 Å². The van der Waals surface area contributed by atoms with E-state index in [9.17, 15) is 19.7 Å². The number of carbonyl (C=O) groups is 1. The molecule has 20 heavy (non-hydrogen) atoms. The summed E-state index contributed by atoms with van der Waals surface area (Å²) in [7, 11) is 0. The lowest BCUT2D eigenvalue weighted by Crippen LogP contribution is -2.24. The third-order valence-electron chi connectivity index (χ3n) is 2.57. The van der Waals surface area contributed by atoms with Gasteiger partial charge in [-0.15, -0.1) is 11.3 Å². The Labute approximate surface area is 125 Å². The Kier molecular flexibility index (Phi) is 4.15. The number of pyridine rings is 1. The van der Waals surface area contributed by atoms with Gasteiger partial charge in [0.05, 0.1) is 27.0 Å². The van der Waals surface area contributed by atoms with Crippen molar-refractivity contribution in [2.24, 2.45) is 0 Å². The van der Waals surface area contributed by atoms with Crippen LogP contribution in [0.1, 0.15) is 14.5 Å². The first kappa shape index (κ1) is 14.6. The number of hydrogen-bond donors (Lipinski definition) is 0. The molecule has 0 radical (unpaired) electrons. The van der Waals surface area contributed by atoms with Gasteiger partial charge in [0.2, 0.25) is 0 Å². The number of carbonyl (C=O) groups excluding carboxylic acids is 1. The molecule has 0 unspecified atom stereocenters. The molecule has 0 aromatic carbocycles. The highest BCUT2D eigenvalue weighted by Crippen LogP contribution is 2.18. The van der Waals surface area contributed by atoms with Gasteiger partial charge in [-0.1, -0.05) is 0 Å². The Balaban J connectivity index is 2.36. The van der Waals surface area contributed by atoms with Crippen LogP contribution in [-0.2, 0) is 6.54 Å². The minimum Gasteiger partial charge on any atom is -0.300 e. The fourth-order valence-corrected chi connectivity index (χ4v) is 2.88. The van der Waals surface area contributed by atoms with Crippen molar-refractivity contribution in [3.8, 4) is 0 Å². The standard InChI is InChI=1S/C12H9BrN2O4S/c1-7-2-3-11(20-7)10(16)6-14-5-8(15(18)19)4-9(13)12(14)17/h2-5H,6H2,1H3. The maximum atomic E-state index is 12.0. The number of nitrogens with zero attached hydrogens (tertiary/aromatic N) is 2. The van der Waals surface area contributed by atoms with Crippen molar-refractivity contribution in [1.82, 2.24) is 4.57 Å². The van der Waals surface area contributed by atoms with Crippen LogP contribution < -0.4 is 5.56 Å². The van der Waals surface area contributed by atoms with Crippen molar-refractivity contribution in [2.75, 3.05) is 0 Å². The van der Waals surface area contributed by atoms with E-state index in [1.807, 2.05) is 13.0 Å². The lowest BCUT2D eigenvalue weighted by molar-refractivity contribution is -0.385. The monoisotopic (exact) mass is 356 g/mol. The van der Waals surface area contributed by atoms with Gasteiger partial charge < -0.3 is 0 Å². The molecule has 2 heterocycles. The van der Waals surface area contributed by atoms with E-state index in [-0.39, 0.29) is 22.5 Å². The third kappa shape index (κ3) is 3.02. The highest BCUT2D eigenvalue weighted by molar-refractivity contribution is 9.10. The molecular formula is C12H9BrN2O4S. The Morgan fingerprint density at radius 1 is 1.50 bits per heavy atom. The van der Waals surface area contributed by atoms with Gasteiger partial charge in [-0.3, -0.25) is 24.3 Å². The number of aromatic nitrogens is 1. The molecule has 0 fully saturated rings. The fourth-order valence-electron chi connectivity index (χ4n) is 1.62. The van der Waals surface area contributed by atoms with E-state index in [0.29, 0.717) is 4.88 Å². The van der Waals surface area contributed by atoms with Gasteiger partial charge in [-0.05, 0) is 35.0 Å². The van der Waals surface area contributed by atoms with Gasteiger partial charge in [-0.2, -0.15) is 0 Å². The third-order valence-corrected chi connectivity index (χ3v) is 4.18. The van der Waals surface area contributed by atoms with Gasteiger partial charge in [-0.25, -0.2) is 0 Å². The first-order valence-corrected chi connectivity index (χ1v) is 7.13. The van der Waals surface area contributed by atoms with Crippen LogP contribution in [-0.4, -0.2) is 15.3 Å². The van der Waals surface area contributed by atoms with Gasteiger partial charge in [0.15, 0.2) is 5.78 Å². The number of ketones is 1. The summed E-state index contributed by atoms with van der Waals surface area (Å²) in [4.78, 5) is 35.6. The summed E-state index contributed by atoms with van der Waals surface area (Å²) in [5.41, 5.74) is -0.719. The first-order valence-electron chi connectivity index (χ1n) is 5.52. The van der Waals surface area contributed by atoms with E-state index in [0.717, 1.165) is 21.7 Å². The van der Waals surface area contributed by atoms with Crippen LogP contribution >= 0.6 is 27.3 Å². The Hall–Kier alpha value is -1.80. The predicted molar refractivity (Wildman–Crippen MR) is 78.4 cm³/mol. The van der Waals surface area contributed by atoms with Crippen molar-refractivity contribution in [1.29, 1.82) is 0 Å². The van der Waals surface area contributed by atoms with Crippen LogP contribution in [0.2, 0.25) is 0 Å². The molecule has 2 aromatic rings. The number of hydrogen-bond acceptors (Lipinski definition) is 5. The molecule has 8 heteroatoms. The summed E-state index contributed by atoms with van der Waals surface area (Å²) in [5.74, 6) is -0.252. The lowest BCUT2D eigenvalue weighted by atomic mass is 10.3. The van der Waals surface area contributed by atoms with E-state index >= 15 is 0 Å². The second kappa shape index (κ2) is 5.68. The van der Waals surface area contributed by atoms with Crippen LogP contribution in [0.15, 0.2) is 33.7 Å². The molecule has 0 N–H and O–H groups in total. The molecule has 0 spiro atoms. The molecule has 0 bridgehead atoms. The molecule has 0 amide bonds. The zero-order chi connectivity index (χ0) is 14.9. The molecule has 0 atom stereocenters. The molecule has 104 valence electrons. The van der Waals surface area contributed by atoms with Crippen LogP contribution in [0.25, 0.3) is 0 Å². The summed E-state index contributed by atoms with van der Waals surface area (Å²) in [6, 6.07) is 4.61. The maximum absolute atomic E-state index is 12.0. The predicted octanol–water partition coefficient (Wildman–Crippen LogP) is 2.77. The minimum absolute atomic E-state index is 0.0573. The zero-order valence-electron chi connectivity index (χ0n) is 10.3. The van der Waals surface area contributed by atoms with Crippen LogP contribution in [0.3, 0.4) is 0 Å². The maximum Gasteiger partial charge on any atom is 0.286 e. The van der Waals surface area contributed by atoms with Crippen molar-refractivity contribution >= 4 is 38.7 Å². The van der Waals surface area contributed by atoms with Crippen molar-refractivity contribution < 1.29 is 9.72 Å². The summed E-state index contributed by atoms with van der Waals surface area (Å²) in [6.45, 7) is 1.65. The van der Waals surface area contributed by atoms with Gasteiger partial charge in [0.25, 0.3) is 11.2 Å². The molecule has 2 aromatic heterocycles. The minimum atomic E-state index is -0.611. The molecular weight excluding hydrogens is 348 g/mol. The summed E-state index contributed by atoms with van der Waals surface area (Å²) < 4.78 is 1.10. The number of nitro groups is 1. The molecule has 6 nitrogen and oxygen atoms in total. The van der Waals surface area contributed by atoms with Crippen molar-refractivity contribution in [2.45, 2.75) is 13.5 Å². The Bertz CT molecular complexity index is 750. The fraction of sp³-hybridized carbons (Fsp3) is 0.167. The highest BCUT2D eigenvalue weighted by Gasteiger charge is 2.15. The van der Waals surface area contributed by atoms with E-state index in [1.54, 1.807) is 6.07 Å². The number of thiophene rings is 1. The van der Waals surface area contributed by atoms with Crippen molar-refractivity contribution in [3.63, 3.8) is 0 Å². The smallest absolute Gasteiger partial charge is 0.286 e. The van der Waals surface area contributed by atoms with E-state index < -0.39 is 10.5 Å². The average Bonchev–Trinajstić information content (AvgIpc) is 2.81. The number of Topliss-reactive ketones (excluding diaryl/α,β-unsaturated/α-hetero) is 1. The number of halogens is 1. The van der Waals surface area contributed by atoms with Gasteiger partial charge in [0.1, 0.15) is 0 Å². The first-order chi connectivity index (χ1) is 9.38. The van der Waals surface area contributed by atoms with Gasteiger partial charge >= 0.3 is 0 Å². The molecule has 0 saturated heterocycles. The lowest BCUT2D eigenvalue weighted by Gasteiger charge is -2.04. The summed E-state index contributed by atoms with van der Waals surface area (Å²) in [5, 5.41) is 10.8. The summed E-state index contributed by atoms with van der Waals surface area (Å²) >= 11 is 4.29. The zero-order valence-corrected chi connectivity index (χ0v) is 12.7. The quantitative estimate of drug-likeness (QED) is 0.479. The SMILES string of the molecule is Cc1ccc(C(=O)Cn2cc([N+](=O)[O-])cc(Br)c2=O)s1. The molecule has 0 aliphatic carbocycles. The normalized spacial score (nSPS) is 10.5. The summed E-state index contributed by atoms with van der Waals surface area (Å²) in [6.07, 6.45) is 1.07. The van der Waals surface area contributed by atoms with E-state index in [2.05, 4.69) is 15.9 Å². The second-order valence-corrected chi connectivity index (χ2v) is 6.21. The van der Waals surface area contributed by atoms with E-state index in [1.165, 1.54) is 11.3 Å². The highest BCUT2D eigenvalue weighted by atomic mass is 79.9. The largest absolute Gasteiger partial charge is 0.300 e. The topological polar surface area (TPSA) is 82.2 Å². The van der Waals surface area contributed by atoms with Crippen LogP contribution in [0, 0.1) is 17.0 Å². The Morgan fingerprint density at radius 2 is 2.20 bits per heavy atom. The van der Waals surface area contributed by atoms with Gasteiger partial charge in [0, 0.05) is 10.9 Å². The molecule has 0 saturated carbocycles.